The molecule has 0 unspecified atom stereocenters. The van der Waals surface area contributed by atoms with Crippen molar-refractivity contribution in [2.45, 2.75) is 6.18 Å². The average molecular weight is 347 g/mol. The van der Waals surface area contributed by atoms with Gasteiger partial charge in [0.1, 0.15) is 4.60 Å². The summed E-state index contributed by atoms with van der Waals surface area (Å²) >= 11 is 2.94. The Kier molecular flexibility index (Phi) is 3.76. The number of benzene rings is 1. The number of hydrogen-bond donors (Lipinski definition) is 1. The number of nitrogens with zero attached hydrogens (tertiary/aromatic N) is 2. The molecule has 0 fully saturated rings. The van der Waals surface area contributed by atoms with Gasteiger partial charge in [0.15, 0.2) is 5.69 Å². The van der Waals surface area contributed by atoms with Crippen LogP contribution in [0.2, 0.25) is 0 Å². The molecule has 0 bridgehead atoms. The number of alkyl halides is 3. The zero-order valence-corrected chi connectivity index (χ0v) is 11.2. The predicted molar refractivity (Wildman–Crippen MR) is 67.1 cm³/mol. The molecular formula is C12H6BrF3N2O2. The lowest BCUT2D eigenvalue weighted by atomic mass is 10.1. The van der Waals surface area contributed by atoms with E-state index in [0.29, 0.717) is 5.56 Å². The van der Waals surface area contributed by atoms with Crippen molar-refractivity contribution in [3.05, 3.63) is 46.3 Å². The first kappa shape index (κ1) is 14.4. The van der Waals surface area contributed by atoms with Crippen LogP contribution in [0.1, 0.15) is 16.1 Å². The van der Waals surface area contributed by atoms with Gasteiger partial charge in [0.2, 0.25) is 0 Å². The summed E-state index contributed by atoms with van der Waals surface area (Å²) in [4.78, 5) is 18.6. The van der Waals surface area contributed by atoms with E-state index in [4.69, 9.17) is 5.11 Å². The van der Waals surface area contributed by atoms with Gasteiger partial charge in [0.05, 0.1) is 17.5 Å². The molecule has 2 rings (SSSR count). The smallest absolute Gasteiger partial charge is 0.416 e. The topological polar surface area (TPSA) is 63.1 Å². The van der Waals surface area contributed by atoms with E-state index in [0.717, 1.165) is 12.1 Å². The maximum absolute atomic E-state index is 12.4. The summed E-state index contributed by atoms with van der Waals surface area (Å²) in [7, 11) is 0. The van der Waals surface area contributed by atoms with Gasteiger partial charge in [-0.2, -0.15) is 13.2 Å². The lowest BCUT2D eigenvalue weighted by Gasteiger charge is -2.07. The minimum absolute atomic E-state index is 0.0562. The monoisotopic (exact) mass is 346 g/mol. The highest BCUT2D eigenvalue weighted by Crippen LogP contribution is 2.30. The number of hydrogen-bond acceptors (Lipinski definition) is 3. The van der Waals surface area contributed by atoms with Crippen molar-refractivity contribution in [1.29, 1.82) is 0 Å². The third-order valence-electron chi connectivity index (χ3n) is 2.44. The molecule has 0 saturated carbocycles. The number of aromatic carboxylic acids is 1. The normalized spacial score (nSPS) is 11.4. The van der Waals surface area contributed by atoms with E-state index < -0.39 is 17.7 Å². The Morgan fingerprint density at radius 2 is 1.80 bits per heavy atom. The summed E-state index contributed by atoms with van der Waals surface area (Å²) in [5, 5.41) is 8.91. The van der Waals surface area contributed by atoms with E-state index >= 15 is 0 Å². The minimum atomic E-state index is -4.42. The fraction of sp³-hybridized carbons (Fsp3) is 0.0833. The second kappa shape index (κ2) is 5.20. The average Bonchev–Trinajstić information content (AvgIpc) is 2.38. The van der Waals surface area contributed by atoms with Crippen LogP contribution in [0.3, 0.4) is 0 Å². The quantitative estimate of drug-likeness (QED) is 0.901. The molecule has 1 aromatic carbocycles. The van der Waals surface area contributed by atoms with E-state index in [1.165, 1.54) is 18.3 Å². The fourth-order valence-electron chi connectivity index (χ4n) is 1.48. The first-order valence-electron chi connectivity index (χ1n) is 5.22. The van der Waals surface area contributed by atoms with Gasteiger partial charge in [0.25, 0.3) is 0 Å². The molecule has 1 heterocycles. The molecular weight excluding hydrogens is 341 g/mol. The van der Waals surface area contributed by atoms with Crippen molar-refractivity contribution in [1.82, 2.24) is 9.97 Å². The highest BCUT2D eigenvalue weighted by Gasteiger charge is 2.30. The molecule has 0 aliphatic heterocycles. The Hall–Kier alpha value is -1.96. The summed E-state index contributed by atoms with van der Waals surface area (Å²) in [5.74, 6) is -1.28. The lowest BCUT2D eigenvalue weighted by molar-refractivity contribution is -0.137. The van der Waals surface area contributed by atoms with Gasteiger partial charge in [0, 0.05) is 5.56 Å². The SMILES string of the molecule is O=C(O)c1nc(-c2ccc(C(F)(F)F)cc2)cnc1Br. The van der Waals surface area contributed by atoms with Gasteiger partial charge in [-0.25, -0.2) is 14.8 Å². The molecule has 0 aliphatic rings. The molecule has 104 valence electrons. The number of aromatic nitrogens is 2. The van der Waals surface area contributed by atoms with Crippen LogP contribution in [0, 0.1) is 0 Å². The first-order valence-corrected chi connectivity index (χ1v) is 6.02. The van der Waals surface area contributed by atoms with Crippen LogP contribution >= 0.6 is 15.9 Å². The predicted octanol–water partition coefficient (Wildman–Crippen LogP) is 3.62. The molecule has 2 aromatic rings. The highest BCUT2D eigenvalue weighted by molar-refractivity contribution is 9.10. The first-order chi connectivity index (χ1) is 9.29. The molecule has 8 heteroatoms. The van der Waals surface area contributed by atoms with Gasteiger partial charge < -0.3 is 5.11 Å². The number of carboxylic acid groups (broad SMARTS) is 1. The zero-order chi connectivity index (χ0) is 14.9. The standard InChI is InChI=1S/C12H6BrF3N2O2/c13-10-9(11(19)20)18-8(5-17-10)6-1-3-7(4-2-6)12(14,15)16/h1-5H,(H,19,20). The third-order valence-corrected chi connectivity index (χ3v) is 3.02. The minimum Gasteiger partial charge on any atom is -0.476 e. The molecule has 0 amide bonds. The van der Waals surface area contributed by atoms with Crippen molar-refractivity contribution in [3.63, 3.8) is 0 Å². The van der Waals surface area contributed by atoms with Crippen LogP contribution < -0.4 is 0 Å². The summed E-state index contributed by atoms with van der Waals surface area (Å²) in [6.07, 6.45) is -3.14. The highest BCUT2D eigenvalue weighted by atomic mass is 79.9. The maximum atomic E-state index is 12.4. The Morgan fingerprint density at radius 1 is 1.20 bits per heavy atom. The maximum Gasteiger partial charge on any atom is 0.416 e. The summed E-state index contributed by atoms with van der Waals surface area (Å²) < 4.78 is 37.4. The molecule has 0 saturated heterocycles. The van der Waals surface area contributed by atoms with Gasteiger partial charge in [-0.05, 0) is 28.1 Å². The molecule has 0 radical (unpaired) electrons. The van der Waals surface area contributed by atoms with Crippen LogP contribution in [0.15, 0.2) is 35.1 Å². The Balaban J connectivity index is 2.42. The molecule has 1 N–H and O–H groups in total. The molecule has 4 nitrogen and oxygen atoms in total. The molecule has 20 heavy (non-hydrogen) atoms. The lowest BCUT2D eigenvalue weighted by Crippen LogP contribution is -2.05. The van der Waals surface area contributed by atoms with Crippen LogP contribution in [0.25, 0.3) is 11.3 Å². The van der Waals surface area contributed by atoms with Gasteiger partial charge >= 0.3 is 12.1 Å². The summed E-state index contributed by atoms with van der Waals surface area (Å²) in [6, 6.07) is 4.23. The summed E-state index contributed by atoms with van der Waals surface area (Å²) in [5.41, 5.74) is -0.563. The fourth-order valence-corrected chi connectivity index (χ4v) is 1.84. The van der Waals surface area contributed by atoms with Crippen molar-refractivity contribution in [2.24, 2.45) is 0 Å². The second-order valence-electron chi connectivity index (χ2n) is 3.77. The van der Waals surface area contributed by atoms with E-state index in [9.17, 15) is 18.0 Å². The van der Waals surface area contributed by atoms with E-state index in [1.807, 2.05) is 0 Å². The van der Waals surface area contributed by atoms with Gasteiger partial charge in [-0.3, -0.25) is 0 Å². The van der Waals surface area contributed by atoms with Gasteiger partial charge in [-0.1, -0.05) is 12.1 Å². The van der Waals surface area contributed by atoms with E-state index in [-0.39, 0.29) is 16.0 Å². The second-order valence-corrected chi connectivity index (χ2v) is 4.53. The number of carboxylic acids is 1. The number of carbonyl (C=O) groups is 1. The summed E-state index contributed by atoms with van der Waals surface area (Å²) in [6.45, 7) is 0. The van der Waals surface area contributed by atoms with E-state index in [1.54, 1.807) is 0 Å². The molecule has 0 spiro atoms. The van der Waals surface area contributed by atoms with Crippen LogP contribution in [-0.4, -0.2) is 21.0 Å². The van der Waals surface area contributed by atoms with Crippen LogP contribution in [-0.2, 0) is 6.18 Å². The van der Waals surface area contributed by atoms with Gasteiger partial charge in [-0.15, -0.1) is 0 Å². The van der Waals surface area contributed by atoms with Crippen LogP contribution in [0.5, 0.6) is 0 Å². The van der Waals surface area contributed by atoms with Crippen LogP contribution in [0.4, 0.5) is 13.2 Å². The van der Waals surface area contributed by atoms with Crippen molar-refractivity contribution in [2.75, 3.05) is 0 Å². The molecule has 0 aliphatic carbocycles. The van der Waals surface area contributed by atoms with Crippen molar-refractivity contribution < 1.29 is 23.1 Å². The zero-order valence-electron chi connectivity index (χ0n) is 9.65. The van der Waals surface area contributed by atoms with E-state index in [2.05, 4.69) is 25.9 Å². The largest absolute Gasteiger partial charge is 0.476 e. The van der Waals surface area contributed by atoms with Crippen molar-refractivity contribution >= 4 is 21.9 Å². The number of rotatable bonds is 2. The number of halogens is 4. The Morgan fingerprint density at radius 3 is 2.30 bits per heavy atom. The molecule has 1 aromatic heterocycles. The van der Waals surface area contributed by atoms with Crippen molar-refractivity contribution in [3.8, 4) is 11.3 Å². The third kappa shape index (κ3) is 2.96. The Labute approximate surface area is 119 Å². The molecule has 0 atom stereocenters. The Bertz CT molecular complexity index is 657.